The lowest BCUT2D eigenvalue weighted by molar-refractivity contribution is -0.175. The molecule has 1 aromatic heterocycles. The van der Waals surface area contributed by atoms with E-state index in [1.165, 1.54) is 16.8 Å². The molecule has 214 valence electrons. The second-order valence-corrected chi connectivity index (χ2v) is 15.6. The molecule has 2 fully saturated rings. The highest BCUT2D eigenvalue weighted by Crippen LogP contribution is 2.38. The van der Waals surface area contributed by atoms with Crippen LogP contribution in [0.4, 0.5) is 0 Å². The topological polar surface area (TPSA) is 124 Å². The molecular weight excluding hydrogens is 530 g/mol. The van der Waals surface area contributed by atoms with Gasteiger partial charge in [0.15, 0.2) is 12.5 Å². The normalized spacial score (nSPS) is 25.4. The number of hydrogen-bond donors (Lipinski definition) is 3. The zero-order valence-electron chi connectivity index (χ0n) is 23.0. The van der Waals surface area contributed by atoms with Crippen molar-refractivity contribution in [2.24, 2.45) is 0 Å². The van der Waals surface area contributed by atoms with E-state index in [2.05, 4.69) is 55.5 Å². The van der Waals surface area contributed by atoms with Crippen LogP contribution in [0.5, 0.6) is 0 Å². The van der Waals surface area contributed by atoms with Crippen molar-refractivity contribution in [2.75, 3.05) is 13.2 Å². The number of aromatic nitrogens is 2. The van der Waals surface area contributed by atoms with Gasteiger partial charge in [-0.05, 0) is 21.8 Å². The van der Waals surface area contributed by atoms with E-state index in [9.17, 15) is 14.7 Å². The predicted octanol–water partition coefficient (Wildman–Crippen LogP) is 1.40. The van der Waals surface area contributed by atoms with Gasteiger partial charge in [-0.1, -0.05) is 81.4 Å². The van der Waals surface area contributed by atoms with Crippen LogP contribution in [-0.4, -0.2) is 60.7 Å². The summed E-state index contributed by atoms with van der Waals surface area (Å²) in [6, 6.07) is 20.8. The summed E-state index contributed by atoms with van der Waals surface area (Å²) in [5, 5.41) is 13.4. The predicted molar refractivity (Wildman–Crippen MR) is 152 cm³/mol. The largest absolute Gasteiger partial charge is 0.405 e. The first-order valence-electron chi connectivity index (χ1n) is 13.6. The first kappa shape index (κ1) is 28.6. The van der Waals surface area contributed by atoms with E-state index >= 15 is 0 Å². The zero-order chi connectivity index (χ0) is 28.3. The Balaban J connectivity index is 1.47. The van der Waals surface area contributed by atoms with E-state index in [0.29, 0.717) is 13.0 Å². The number of nitrogens with zero attached hydrogens (tertiary/aromatic N) is 1. The number of aromatic amines is 1. The highest BCUT2D eigenvalue weighted by Gasteiger charge is 2.52. The highest BCUT2D eigenvalue weighted by molar-refractivity contribution is 6.99. The lowest BCUT2D eigenvalue weighted by Gasteiger charge is -2.43. The molecule has 0 radical (unpaired) electrons. The minimum atomic E-state index is -2.91. The highest BCUT2D eigenvalue weighted by atomic mass is 28.4. The maximum atomic E-state index is 12.7. The van der Waals surface area contributed by atoms with Gasteiger partial charge in [-0.2, -0.15) is 5.48 Å². The first-order valence-corrected chi connectivity index (χ1v) is 15.5. The number of hydrogen-bond acceptors (Lipinski definition) is 8. The number of benzene rings is 2. The van der Waals surface area contributed by atoms with Crippen molar-refractivity contribution in [3.8, 4) is 0 Å². The molecule has 5 rings (SSSR count). The molecule has 2 aliphatic rings. The summed E-state index contributed by atoms with van der Waals surface area (Å²) in [4.78, 5) is 32.4. The number of hydroxylamine groups is 1. The Morgan fingerprint density at radius 2 is 1.70 bits per heavy atom. The second-order valence-electron chi connectivity index (χ2n) is 11.3. The van der Waals surface area contributed by atoms with Crippen LogP contribution in [0.15, 0.2) is 82.5 Å². The molecule has 11 heteroatoms. The third-order valence-corrected chi connectivity index (χ3v) is 12.6. The molecule has 2 saturated heterocycles. The molecule has 1 unspecified atom stereocenters. The Morgan fingerprint density at radius 3 is 2.25 bits per heavy atom. The van der Waals surface area contributed by atoms with Crippen LogP contribution in [0.3, 0.4) is 0 Å². The van der Waals surface area contributed by atoms with Crippen molar-refractivity contribution < 1.29 is 23.8 Å². The van der Waals surface area contributed by atoms with Gasteiger partial charge in [0.1, 0.15) is 18.2 Å². The smallest absolute Gasteiger partial charge is 0.330 e. The van der Waals surface area contributed by atoms with Crippen molar-refractivity contribution in [1.29, 1.82) is 0 Å². The lowest BCUT2D eigenvalue weighted by Crippen LogP contribution is -2.67. The molecule has 3 N–H and O–H groups in total. The zero-order valence-corrected chi connectivity index (χ0v) is 24.0. The van der Waals surface area contributed by atoms with E-state index in [4.69, 9.17) is 18.7 Å². The summed E-state index contributed by atoms with van der Waals surface area (Å²) < 4.78 is 20.1. The summed E-state index contributed by atoms with van der Waals surface area (Å²) in [5.41, 5.74) is 1.72. The van der Waals surface area contributed by atoms with Gasteiger partial charge in [-0.15, -0.1) is 0 Å². The number of rotatable bonds is 9. The van der Waals surface area contributed by atoms with Crippen molar-refractivity contribution in [3.05, 3.63) is 93.8 Å². The maximum absolute atomic E-state index is 12.7. The average Bonchev–Trinajstić information content (AvgIpc) is 3.56. The molecule has 5 atom stereocenters. The molecule has 0 bridgehead atoms. The SMILES string of the molecule is CC(C)(C)[Si](OC[C@H]1O[C@@H](n2ccc(=O)[nH]c2=O)[C@H](NOC2CCCO2)[C@@H]1O)(c1ccccc1)c1ccccc1. The molecule has 0 aliphatic carbocycles. The average molecular weight is 568 g/mol. The van der Waals surface area contributed by atoms with E-state index < -0.39 is 50.3 Å². The van der Waals surface area contributed by atoms with Crippen molar-refractivity contribution in [3.63, 3.8) is 0 Å². The van der Waals surface area contributed by atoms with Crippen LogP contribution in [-0.2, 0) is 18.7 Å². The molecule has 0 saturated carbocycles. The molecule has 3 heterocycles. The monoisotopic (exact) mass is 567 g/mol. The molecule has 2 aromatic carbocycles. The quantitative estimate of drug-likeness (QED) is 0.262. The third-order valence-electron chi connectivity index (χ3n) is 7.60. The van der Waals surface area contributed by atoms with Gasteiger partial charge in [-0.25, -0.2) is 4.79 Å². The van der Waals surface area contributed by atoms with Crippen LogP contribution in [0, 0.1) is 0 Å². The van der Waals surface area contributed by atoms with Crippen molar-refractivity contribution >= 4 is 18.7 Å². The third kappa shape index (κ3) is 5.63. The molecule has 0 amide bonds. The number of nitrogens with one attached hydrogen (secondary N) is 2. The van der Waals surface area contributed by atoms with Crippen molar-refractivity contribution in [2.45, 2.75) is 69.4 Å². The minimum absolute atomic E-state index is 0.0706. The van der Waals surface area contributed by atoms with E-state index in [1.807, 2.05) is 36.4 Å². The van der Waals surface area contributed by atoms with Gasteiger partial charge in [-0.3, -0.25) is 19.2 Å². The number of ether oxygens (including phenoxy) is 2. The summed E-state index contributed by atoms with van der Waals surface area (Å²) in [6.07, 6.45) is -0.389. The Hall–Kier alpha value is -2.90. The van der Waals surface area contributed by atoms with Crippen LogP contribution in [0.2, 0.25) is 5.04 Å². The molecular formula is C29H37N3O7Si. The fraction of sp³-hybridized carbons (Fsp3) is 0.448. The Labute approximate surface area is 234 Å². The van der Waals surface area contributed by atoms with E-state index in [0.717, 1.165) is 16.8 Å². The minimum Gasteiger partial charge on any atom is -0.405 e. The number of aliphatic hydroxyl groups is 1. The van der Waals surface area contributed by atoms with E-state index in [1.54, 1.807) is 0 Å². The molecule has 10 nitrogen and oxygen atoms in total. The van der Waals surface area contributed by atoms with Gasteiger partial charge in [0.2, 0.25) is 0 Å². The summed E-state index contributed by atoms with van der Waals surface area (Å²) in [7, 11) is -2.91. The molecule has 0 spiro atoms. The lowest BCUT2D eigenvalue weighted by atomic mass is 10.1. The fourth-order valence-corrected chi connectivity index (χ4v) is 10.2. The van der Waals surface area contributed by atoms with Gasteiger partial charge in [0.25, 0.3) is 13.9 Å². The number of aliphatic hydroxyl groups excluding tert-OH is 1. The van der Waals surface area contributed by atoms with Crippen LogP contribution >= 0.6 is 0 Å². The summed E-state index contributed by atoms with van der Waals surface area (Å²) in [6.45, 7) is 7.18. The Kier molecular flexibility index (Phi) is 8.52. The summed E-state index contributed by atoms with van der Waals surface area (Å²) in [5.74, 6) is 0. The fourth-order valence-electron chi connectivity index (χ4n) is 5.64. The van der Waals surface area contributed by atoms with Crippen LogP contribution in [0.1, 0.15) is 39.8 Å². The van der Waals surface area contributed by atoms with E-state index in [-0.39, 0.29) is 11.6 Å². The summed E-state index contributed by atoms with van der Waals surface area (Å²) >= 11 is 0. The van der Waals surface area contributed by atoms with Crippen molar-refractivity contribution in [1.82, 2.24) is 15.0 Å². The second kappa shape index (κ2) is 11.9. The number of H-pyrrole nitrogens is 1. The standard InChI is InChI=1S/C29H37N3O7Si/c1-29(2,3)40(20-11-6-4-7-12-20,21-13-8-5-9-14-21)37-19-22-26(34)25(31-39-24-15-10-18-36-24)27(38-22)32-17-16-23(33)30-28(32)35/h4-9,11-14,16-17,22,24-27,31,34H,10,15,18-19H2,1-3H3,(H,30,33,35)/t22-,24?,25-,26-,27-/m1/s1. The molecule has 3 aromatic rings. The van der Waals surface area contributed by atoms with Gasteiger partial charge >= 0.3 is 5.69 Å². The first-order chi connectivity index (χ1) is 19.2. The van der Waals surface area contributed by atoms with Crippen LogP contribution in [0.25, 0.3) is 0 Å². The van der Waals surface area contributed by atoms with Gasteiger partial charge in [0, 0.05) is 18.7 Å². The Bertz CT molecular complexity index is 1330. The molecule has 2 aliphatic heterocycles. The van der Waals surface area contributed by atoms with Gasteiger partial charge < -0.3 is 19.0 Å². The Morgan fingerprint density at radius 1 is 1.05 bits per heavy atom. The van der Waals surface area contributed by atoms with Gasteiger partial charge in [0.05, 0.1) is 13.2 Å². The van der Waals surface area contributed by atoms with Crippen LogP contribution < -0.4 is 27.1 Å². The molecule has 40 heavy (non-hydrogen) atoms. The maximum Gasteiger partial charge on any atom is 0.330 e.